The Bertz CT molecular complexity index is 1330. The molecule has 4 rings (SSSR count). The van der Waals surface area contributed by atoms with Crippen LogP contribution in [0.15, 0.2) is 55.2 Å². The van der Waals surface area contributed by atoms with Gasteiger partial charge in [0.25, 0.3) is 5.69 Å². The largest absolute Gasteiger partial charge is 0.369 e. The van der Waals surface area contributed by atoms with Gasteiger partial charge in [-0.25, -0.2) is 19.9 Å². The van der Waals surface area contributed by atoms with Crippen LogP contribution in [0.3, 0.4) is 0 Å². The lowest BCUT2D eigenvalue weighted by Crippen LogP contribution is -2.23. The molecule has 0 aliphatic heterocycles. The number of hydrogen-bond donors (Lipinski definition) is 2. The van der Waals surface area contributed by atoms with Gasteiger partial charge in [0.1, 0.15) is 17.8 Å². The quantitative estimate of drug-likeness (QED) is 0.215. The second-order valence-corrected chi connectivity index (χ2v) is 9.06. The van der Waals surface area contributed by atoms with E-state index in [1.807, 2.05) is 20.2 Å². The monoisotopic (exact) mass is 525 g/mol. The van der Waals surface area contributed by atoms with Crippen molar-refractivity contribution in [3.63, 3.8) is 0 Å². The van der Waals surface area contributed by atoms with Gasteiger partial charge >= 0.3 is 0 Å². The van der Waals surface area contributed by atoms with Crippen molar-refractivity contribution in [2.24, 2.45) is 0 Å². The minimum atomic E-state index is -0.482. The van der Waals surface area contributed by atoms with Crippen LogP contribution in [0.2, 0.25) is 10.0 Å². The number of hydrogen-bond acceptors (Lipinski definition) is 8. The van der Waals surface area contributed by atoms with Gasteiger partial charge in [0.15, 0.2) is 0 Å². The maximum absolute atomic E-state index is 10.9. The summed E-state index contributed by atoms with van der Waals surface area (Å²) in [6.07, 6.45) is 6.94. The molecule has 4 aromatic rings. The Labute approximate surface area is 217 Å². The fourth-order valence-electron chi connectivity index (χ4n) is 3.47. The average molecular weight is 526 g/mol. The summed E-state index contributed by atoms with van der Waals surface area (Å²) < 4.78 is 0. The first-order valence-electron chi connectivity index (χ1n) is 11.0. The number of H-pyrrole nitrogens is 1. The van der Waals surface area contributed by atoms with E-state index in [0.717, 1.165) is 23.7 Å². The topological polar surface area (TPSA) is 126 Å². The first-order valence-corrected chi connectivity index (χ1v) is 11.7. The summed E-state index contributed by atoms with van der Waals surface area (Å²) in [7, 11) is 3.98. The van der Waals surface area contributed by atoms with E-state index in [1.165, 1.54) is 12.3 Å². The van der Waals surface area contributed by atoms with Crippen molar-refractivity contribution in [2.45, 2.75) is 6.42 Å². The highest BCUT2D eigenvalue weighted by atomic mass is 35.5. The fourth-order valence-corrected chi connectivity index (χ4v) is 3.97. The molecular formula is C24H23Cl2N8O2. The second-order valence-electron chi connectivity index (χ2n) is 8.21. The van der Waals surface area contributed by atoms with Gasteiger partial charge in [0.2, 0.25) is 0 Å². The van der Waals surface area contributed by atoms with Crippen LogP contribution < -0.4 is 5.32 Å². The Morgan fingerprint density at radius 2 is 1.94 bits per heavy atom. The van der Waals surface area contributed by atoms with Crippen LogP contribution in [-0.2, 0) is 0 Å². The summed E-state index contributed by atoms with van der Waals surface area (Å²) in [5.74, 6) is 2.00. The molecule has 0 atom stereocenters. The molecule has 2 N–H and O–H groups in total. The van der Waals surface area contributed by atoms with Gasteiger partial charge in [-0.3, -0.25) is 10.1 Å². The molecule has 185 valence electrons. The van der Waals surface area contributed by atoms with Crippen LogP contribution in [-0.4, -0.2) is 61.9 Å². The molecule has 0 fully saturated rings. The molecule has 36 heavy (non-hydrogen) atoms. The fraction of sp³-hybridized carbons (Fsp3) is 0.208. The number of aromatic nitrogens is 5. The van der Waals surface area contributed by atoms with Crippen molar-refractivity contribution >= 4 is 34.7 Å². The molecular weight excluding hydrogens is 503 g/mol. The third-order valence-electron chi connectivity index (χ3n) is 5.38. The third kappa shape index (κ3) is 6.14. The number of nitrogens with one attached hydrogen (secondary N) is 2. The number of aromatic amines is 1. The molecule has 0 amide bonds. The van der Waals surface area contributed by atoms with Crippen LogP contribution in [0, 0.1) is 16.0 Å². The van der Waals surface area contributed by atoms with E-state index < -0.39 is 4.92 Å². The van der Waals surface area contributed by atoms with Gasteiger partial charge in [-0.15, -0.1) is 0 Å². The Hall–Kier alpha value is -3.60. The summed E-state index contributed by atoms with van der Waals surface area (Å²) >= 11 is 12.7. The van der Waals surface area contributed by atoms with Gasteiger partial charge < -0.3 is 15.2 Å². The molecule has 3 aromatic heterocycles. The van der Waals surface area contributed by atoms with E-state index in [0.29, 0.717) is 45.9 Å². The van der Waals surface area contributed by atoms with E-state index in [4.69, 9.17) is 28.2 Å². The second kappa shape index (κ2) is 11.4. The van der Waals surface area contributed by atoms with Gasteiger partial charge in [-0.05, 0) is 51.3 Å². The third-order valence-corrected chi connectivity index (χ3v) is 5.93. The van der Waals surface area contributed by atoms with Crippen molar-refractivity contribution in [2.75, 3.05) is 32.5 Å². The average Bonchev–Trinajstić information content (AvgIpc) is 3.39. The number of nitro groups is 1. The molecule has 0 bridgehead atoms. The van der Waals surface area contributed by atoms with E-state index in [9.17, 15) is 10.1 Å². The molecule has 0 aliphatic carbocycles. The van der Waals surface area contributed by atoms with E-state index in [1.54, 1.807) is 36.9 Å². The summed E-state index contributed by atoms with van der Waals surface area (Å²) in [6, 6.07) is 8.25. The zero-order chi connectivity index (χ0) is 25.7. The number of benzene rings is 1. The Kier molecular flexibility index (Phi) is 8.09. The first kappa shape index (κ1) is 25.5. The highest BCUT2D eigenvalue weighted by Crippen LogP contribution is 2.35. The predicted octanol–water partition coefficient (Wildman–Crippen LogP) is 5.13. The molecule has 0 spiro atoms. The number of pyridine rings is 1. The summed E-state index contributed by atoms with van der Waals surface area (Å²) in [4.78, 5) is 33.4. The molecule has 3 heterocycles. The number of halogens is 2. The van der Waals surface area contributed by atoms with Crippen LogP contribution in [0.5, 0.6) is 0 Å². The molecule has 0 aliphatic rings. The number of nitrogens with zero attached hydrogens (tertiary/aromatic N) is 6. The highest BCUT2D eigenvalue weighted by molar-refractivity contribution is 6.36. The van der Waals surface area contributed by atoms with Gasteiger partial charge in [0.05, 0.1) is 39.8 Å². The zero-order valence-corrected chi connectivity index (χ0v) is 21.1. The molecule has 10 nitrogen and oxygen atoms in total. The predicted molar refractivity (Wildman–Crippen MR) is 140 cm³/mol. The lowest BCUT2D eigenvalue weighted by atomic mass is 10.0. The lowest BCUT2D eigenvalue weighted by Gasteiger charge is -2.20. The molecule has 0 saturated heterocycles. The number of anilines is 1. The maximum atomic E-state index is 10.9. The molecule has 1 aromatic carbocycles. The molecule has 12 heteroatoms. The van der Waals surface area contributed by atoms with Crippen LogP contribution in [0.1, 0.15) is 12.2 Å². The van der Waals surface area contributed by atoms with Gasteiger partial charge in [-0.2, -0.15) is 0 Å². The minimum Gasteiger partial charge on any atom is -0.369 e. The standard InChI is InChI=1S/C24H23Cl2N8O2/c1-33(2)8-7-15(10-28-22-6-4-17(11-29-22)34(35)36)24-30-12-19(21-13-27-14-31-21)23(32-24)18-5-3-16(25)9-20(18)26/h3-6,9,11-14H,7-8,10H2,1-2H3,(H,27,31)(H,28,29). The smallest absolute Gasteiger partial charge is 0.287 e. The summed E-state index contributed by atoms with van der Waals surface area (Å²) in [5, 5.41) is 15.1. The Balaban J connectivity index is 1.69. The van der Waals surface area contributed by atoms with E-state index in [2.05, 4.69) is 30.2 Å². The molecule has 0 unspecified atom stereocenters. The SMILES string of the molecule is CN(C)CC[C](CNc1ccc([N+](=O)[O-])cn1)c1ncc(-c2cnc[nH]2)c(-c2ccc(Cl)cc2Cl)n1. The number of rotatable bonds is 10. The first-order chi connectivity index (χ1) is 17.3. The van der Waals surface area contributed by atoms with Crippen molar-refractivity contribution in [1.82, 2.24) is 29.8 Å². The lowest BCUT2D eigenvalue weighted by molar-refractivity contribution is -0.385. The van der Waals surface area contributed by atoms with E-state index >= 15 is 0 Å². The number of imidazole rings is 1. The van der Waals surface area contributed by atoms with E-state index in [-0.39, 0.29) is 5.69 Å². The van der Waals surface area contributed by atoms with Crippen molar-refractivity contribution in [3.8, 4) is 22.5 Å². The molecule has 1 radical (unpaired) electrons. The highest BCUT2D eigenvalue weighted by Gasteiger charge is 2.21. The van der Waals surface area contributed by atoms with Crippen molar-refractivity contribution < 1.29 is 4.92 Å². The van der Waals surface area contributed by atoms with Crippen molar-refractivity contribution in [1.29, 1.82) is 0 Å². The zero-order valence-electron chi connectivity index (χ0n) is 19.6. The van der Waals surface area contributed by atoms with Crippen LogP contribution >= 0.6 is 23.2 Å². The Morgan fingerprint density at radius 1 is 1.11 bits per heavy atom. The molecule has 0 saturated carbocycles. The summed E-state index contributed by atoms with van der Waals surface area (Å²) in [5.41, 5.74) is 2.79. The van der Waals surface area contributed by atoms with Gasteiger partial charge in [0, 0.05) is 35.0 Å². The minimum absolute atomic E-state index is 0.0698. The Morgan fingerprint density at radius 3 is 2.58 bits per heavy atom. The van der Waals surface area contributed by atoms with Crippen LogP contribution in [0.25, 0.3) is 22.5 Å². The summed E-state index contributed by atoms with van der Waals surface area (Å²) in [6.45, 7) is 1.17. The normalized spacial score (nSPS) is 11.3. The van der Waals surface area contributed by atoms with Crippen LogP contribution in [0.4, 0.5) is 11.5 Å². The maximum Gasteiger partial charge on any atom is 0.287 e. The van der Waals surface area contributed by atoms with Crippen molar-refractivity contribution in [3.05, 3.63) is 87.2 Å². The van der Waals surface area contributed by atoms with Gasteiger partial charge in [-0.1, -0.05) is 23.2 Å².